The minimum atomic E-state index is -3.53. The summed E-state index contributed by atoms with van der Waals surface area (Å²) in [6, 6.07) is 6.91. The number of fused-ring (bicyclic) bond motifs is 1. The van der Waals surface area contributed by atoms with Crippen molar-refractivity contribution in [2.75, 3.05) is 18.4 Å². The van der Waals surface area contributed by atoms with Gasteiger partial charge in [-0.25, -0.2) is 8.42 Å². The number of sulfonamides is 1. The molecule has 2 aliphatic rings. The van der Waals surface area contributed by atoms with E-state index in [1.54, 1.807) is 18.2 Å². The molecular formula is C19H25N5O3S. The van der Waals surface area contributed by atoms with E-state index >= 15 is 0 Å². The summed E-state index contributed by atoms with van der Waals surface area (Å²) in [5, 5.41) is 10.4. The van der Waals surface area contributed by atoms with Gasteiger partial charge in [0.1, 0.15) is 4.90 Å². The molecule has 1 unspecified atom stereocenters. The molecule has 0 radical (unpaired) electrons. The van der Waals surface area contributed by atoms with E-state index in [0.29, 0.717) is 24.5 Å². The number of nitrogens with one attached hydrogen (secondary N) is 3. The van der Waals surface area contributed by atoms with E-state index in [0.717, 1.165) is 30.5 Å². The SMILES string of the molecule is CCc1[nH]nc(C(=O)N2CCC(C3Nc4ccccc4S(=O)(=O)N3)CC2)c1C. The number of hydrogen-bond acceptors (Lipinski definition) is 5. The molecule has 28 heavy (non-hydrogen) atoms. The lowest BCUT2D eigenvalue weighted by atomic mass is 9.93. The number of nitrogens with zero attached hydrogens (tertiary/aromatic N) is 2. The molecule has 3 N–H and O–H groups in total. The molecule has 4 rings (SSSR count). The average molecular weight is 404 g/mol. The molecular weight excluding hydrogens is 378 g/mol. The number of carbonyl (C=O) groups excluding carboxylic acids is 1. The predicted octanol–water partition coefficient (Wildman–Crippen LogP) is 1.86. The molecule has 150 valence electrons. The third-order valence-corrected chi connectivity index (χ3v) is 7.23. The first-order chi connectivity index (χ1) is 13.4. The molecule has 1 atom stereocenters. The number of benzene rings is 1. The molecule has 1 amide bonds. The molecule has 0 aliphatic carbocycles. The predicted molar refractivity (Wildman–Crippen MR) is 106 cm³/mol. The van der Waals surface area contributed by atoms with Crippen molar-refractivity contribution in [2.24, 2.45) is 5.92 Å². The summed E-state index contributed by atoms with van der Waals surface area (Å²) in [6.45, 7) is 5.11. The number of H-pyrrole nitrogens is 1. The van der Waals surface area contributed by atoms with Gasteiger partial charge in [0, 0.05) is 24.3 Å². The Morgan fingerprint density at radius 1 is 1.25 bits per heavy atom. The van der Waals surface area contributed by atoms with Crippen LogP contribution in [-0.4, -0.2) is 48.7 Å². The molecule has 9 heteroatoms. The largest absolute Gasteiger partial charge is 0.368 e. The second-order valence-electron chi connectivity index (χ2n) is 7.40. The van der Waals surface area contributed by atoms with E-state index in [9.17, 15) is 13.2 Å². The number of carbonyl (C=O) groups is 1. The van der Waals surface area contributed by atoms with Gasteiger partial charge >= 0.3 is 0 Å². The summed E-state index contributed by atoms with van der Waals surface area (Å²) in [6.07, 6.45) is 1.88. The van der Waals surface area contributed by atoms with E-state index in [1.807, 2.05) is 24.8 Å². The van der Waals surface area contributed by atoms with Crippen molar-refractivity contribution >= 4 is 21.6 Å². The van der Waals surface area contributed by atoms with Gasteiger partial charge in [-0.05, 0) is 44.2 Å². The molecule has 2 aliphatic heterocycles. The highest BCUT2D eigenvalue weighted by Gasteiger charge is 2.36. The van der Waals surface area contributed by atoms with E-state index < -0.39 is 10.0 Å². The van der Waals surface area contributed by atoms with Gasteiger partial charge in [-0.1, -0.05) is 19.1 Å². The Balaban J connectivity index is 1.43. The van der Waals surface area contributed by atoms with Crippen LogP contribution in [0.25, 0.3) is 0 Å². The first-order valence-electron chi connectivity index (χ1n) is 9.61. The fourth-order valence-corrected chi connectivity index (χ4v) is 5.42. The van der Waals surface area contributed by atoms with Crippen molar-refractivity contribution in [1.82, 2.24) is 19.8 Å². The first-order valence-corrected chi connectivity index (χ1v) is 11.1. The maximum atomic E-state index is 12.8. The zero-order chi connectivity index (χ0) is 19.9. The Labute approximate surface area is 164 Å². The van der Waals surface area contributed by atoms with Crippen molar-refractivity contribution < 1.29 is 13.2 Å². The molecule has 2 aromatic rings. The second-order valence-corrected chi connectivity index (χ2v) is 9.08. The Morgan fingerprint density at radius 3 is 2.64 bits per heavy atom. The summed E-state index contributed by atoms with van der Waals surface area (Å²) in [7, 11) is -3.53. The highest BCUT2D eigenvalue weighted by Crippen LogP contribution is 2.31. The number of aromatic nitrogens is 2. The summed E-state index contributed by atoms with van der Waals surface area (Å²) in [5.74, 6) is 0.0492. The van der Waals surface area contributed by atoms with Crippen LogP contribution in [-0.2, 0) is 16.4 Å². The lowest BCUT2D eigenvalue weighted by Crippen LogP contribution is -2.52. The summed E-state index contributed by atoms with van der Waals surface area (Å²) in [5.41, 5.74) is 3.01. The van der Waals surface area contributed by atoms with Crippen LogP contribution >= 0.6 is 0 Å². The molecule has 0 spiro atoms. The topological polar surface area (TPSA) is 107 Å². The Hall–Kier alpha value is -2.39. The molecule has 0 bridgehead atoms. The van der Waals surface area contributed by atoms with Crippen LogP contribution in [0.3, 0.4) is 0 Å². The van der Waals surface area contributed by atoms with Gasteiger partial charge in [0.05, 0.1) is 11.9 Å². The monoisotopic (exact) mass is 403 g/mol. The Morgan fingerprint density at radius 2 is 1.96 bits per heavy atom. The van der Waals surface area contributed by atoms with E-state index in [2.05, 4.69) is 20.2 Å². The van der Waals surface area contributed by atoms with Gasteiger partial charge in [0.15, 0.2) is 5.69 Å². The minimum absolute atomic E-state index is 0.0607. The van der Waals surface area contributed by atoms with Crippen molar-refractivity contribution in [1.29, 1.82) is 0 Å². The zero-order valence-corrected chi connectivity index (χ0v) is 16.8. The average Bonchev–Trinajstić information content (AvgIpc) is 3.07. The molecule has 1 fully saturated rings. The van der Waals surface area contributed by atoms with Crippen LogP contribution in [0, 0.1) is 12.8 Å². The number of likely N-dealkylation sites (tertiary alicyclic amines) is 1. The maximum Gasteiger partial charge on any atom is 0.274 e. The van der Waals surface area contributed by atoms with Crippen LogP contribution < -0.4 is 10.0 Å². The third kappa shape index (κ3) is 3.29. The van der Waals surface area contributed by atoms with Gasteiger partial charge in [-0.15, -0.1) is 0 Å². The van der Waals surface area contributed by atoms with Crippen LogP contribution in [0.2, 0.25) is 0 Å². The minimum Gasteiger partial charge on any atom is -0.368 e. The van der Waals surface area contributed by atoms with E-state index in [-0.39, 0.29) is 22.9 Å². The Bertz CT molecular complexity index is 993. The smallest absolute Gasteiger partial charge is 0.274 e. The number of amides is 1. The molecule has 1 aromatic carbocycles. The number of rotatable bonds is 3. The summed E-state index contributed by atoms with van der Waals surface area (Å²) in [4.78, 5) is 14.9. The number of hydrogen-bond donors (Lipinski definition) is 3. The first kappa shape index (κ1) is 18.9. The highest BCUT2D eigenvalue weighted by atomic mass is 32.2. The molecule has 1 aromatic heterocycles. The van der Waals surface area contributed by atoms with Gasteiger partial charge < -0.3 is 10.2 Å². The van der Waals surface area contributed by atoms with Crippen LogP contribution in [0.5, 0.6) is 0 Å². The number of aryl methyl sites for hydroxylation is 1. The van der Waals surface area contributed by atoms with Crippen LogP contribution in [0.4, 0.5) is 5.69 Å². The zero-order valence-electron chi connectivity index (χ0n) is 16.0. The molecule has 8 nitrogen and oxygen atoms in total. The lowest BCUT2D eigenvalue weighted by molar-refractivity contribution is 0.0672. The van der Waals surface area contributed by atoms with Gasteiger partial charge in [0.2, 0.25) is 10.0 Å². The number of para-hydroxylation sites is 1. The molecule has 0 saturated carbocycles. The van der Waals surface area contributed by atoms with Gasteiger partial charge in [0.25, 0.3) is 5.91 Å². The number of aromatic amines is 1. The number of piperidine rings is 1. The fraction of sp³-hybridized carbons (Fsp3) is 0.474. The lowest BCUT2D eigenvalue weighted by Gasteiger charge is -2.38. The summed E-state index contributed by atoms with van der Waals surface area (Å²) < 4.78 is 27.8. The third-order valence-electron chi connectivity index (χ3n) is 5.73. The van der Waals surface area contributed by atoms with Gasteiger partial charge in [-0.2, -0.15) is 9.82 Å². The van der Waals surface area contributed by atoms with E-state index in [1.165, 1.54) is 0 Å². The molecule has 3 heterocycles. The highest BCUT2D eigenvalue weighted by molar-refractivity contribution is 7.89. The molecule has 1 saturated heterocycles. The fourth-order valence-electron chi connectivity index (χ4n) is 4.03. The quantitative estimate of drug-likeness (QED) is 0.725. The van der Waals surface area contributed by atoms with Gasteiger partial charge in [-0.3, -0.25) is 9.89 Å². The summed E-state index contributed by atoms with van der Waals surface area (Å²) >= 11 is 0. The van der Waals surface area contributed by atoms with Crippen LogP contribution in [0.1, 0.15) is 41.5 Å². The normalized spacial score (nSPS) is 21.8. The van der Waals surface area contributed by atoms with Crippen molar-refractivity contribution in [3.8, 4) is 0 Å². The van der Waals surface area contributed by atoms with Crippen molar-refractivity contribution in [3.05, 3.63) is 41.2 Å². The standard InChI is InChI=1S/C19H25N5O3S/c1-3-14-12(2)17(22-21-14)19(25)24-10-8-13(9-11-24)18-20-15-6-4-5-7-16(15)28(26,27)23-18/h4-7,13,18,20,23H,3,8-11H2,1-2H3,(H,21,22). The Kier molecular flexibility index (Phi) is 4.88. The maximum absolute atomic E-state index is 12.8. The second kappa shape index (κ2) is 7.21. The van der Waals surface area contributed by atoms with E-state index in [4.69, 9.17) is 0 Å². The van der Waals surface area contributed by atoms with Crippen molar-refractivity contribution in [2.45, 2.75) is 44.2 Å². The number of anilines is 1. The van der Waals surface area contributed by atoms with Crippen LogP contribution in [0.15, 0.2) is 29.2 Å². The van der Waals surface area contributed by atoms with Crippen molar-refractivity contribution in [3.63, 3.8) is 0 Å².